The molecule has 1 heterocycles. The topological polar surface area (TPSA) is 43.1 Å². The summed E-state index contributed by atoms with van der Waals surface area (Å²) >= 11 is 5.87. The van der Waals surface area contributed by atoms with Crippen molar-refractivity contribution in [2.45, 2.75) is 12.8 Å². The maximum atomic E-state index is 10.3. The Hall–Kier alpha value is -1.61. The van der Waals surface area contributed by atoms with E-state index in [0.29, 0.717) is 29.4 Å². The molecule has 1 aromatic carbocycles. The quantitative estimate of drug-likeness (QED) is 0.766. The maximum absolute atomic E-state index is 10.3. The van der Waals surface area contributed by atoms with Crippen LogP contribution in [0.15, 0.2) is 34.9 Å². The minimum absolute atomic E-state index is 0.291. The second kappa shape index (κ2) is 4.94. The molecule has 82 valence electrons. The minimum atomic E-state index is 0.291. The average Bonchev–Trinajstić information content (AvgIpc) is 2.66. The Morgan fingerprint density at radius 1 is 1.44 bits per heavy atom. The lowest BCUT2D eigenvalue weighted by atomic mass is 10.1. The molecule has 0 amide bonds. The van der Waals surface area contributed by atoms with E-state index in [4.69, 9.17) is 16.0 Å². The molecule has 0 atom stereocenters. The van der Waals surface area contributed by atoms with Crippen molar-refractivity contribution in [1.82, 2.24) is 4.98 Å². The molecule has 0 aliphatic rings. The van der Waals surface area contributed by atoms with Gasteiger partial charge in [0.1, 0.15) is 12.5 Å². The number of benzene rings is 1. The van der Waals surface area contributed by atoms with Crippen LogP contribution in [0.3, 0.4) is 0 Å². The van der Waals surface area contributed by atoms with E-state index in [1.165, 1.54) is 6.26 Å². The zero-order valence-electron chi connectivity index (χ0n) is 8.52. The third-order valence-corrected chi connectivity index (χ3v) is 2.37. The normalized spacial score (nSPS) is 10.3. The van der Waals surface area contributed by atoms with Gasteiger partial charge in [-0.15, -0.1) is 0 Å². The molecule has 2 rings (SSSR count). The van der Waals surface area contributed by atoms with Crippen LogP contribution in [0.25, 0.3) is 0 Å². The lowest BCUT2D eigenvalue weighted by Crippen LogP contribution is -1.90. The van der Waals surface area contributed by atoms with Gasteiger partial charge in [-0.05, 0) is 17.7 Å². The number of nitrogens with zero attached hydrogens (tertiary/aromatic N) is 1. The molecule has 0 spiro atoms. The Morgan fingerprint density at radius 2 is 2.31 bits per heavy atom. The predicted octanol–water partition coefficient (Wildman–Crippen LogP) is 2.66. The van der Waals surface area contributed by atoms with Crippen LogP contribution in [0.2, 0.25) is 5.02 Å². The molecule has 0 radical (unpaired) electrons. The van der Waals surface area contributed by atoms with Crippen LogP contribution < -0.4 is 0 Å². The molecule has 1 aromatic heterocycles. The molecule has 0 aliphatic heterocycles. The lowest BCUT2D eigenvalue weighted by molar-refractivity contribution is -0.107. The van der Waals surface area contributed by atoms with Crippen LogP contribution in [0.5, 0.6) is 0 Å². The summed E-state index contributed by atoms with van der Waals surface area (Å²) < 4.78 is 5.25. The maximum Gasteiger partial charge on any atom is 0.198 e. The molecule has 0 saturated heterocycles. The van der Waals surface area contributed by atoms with Gasteiger partial charge < -0.3 is 9.21 Å². The highest BCUT2D eigenvalue weighted by Crippen LogP contribution is 2.14. The van der Waals surface area contributed by atoms with E-state index < -0.39 is 0 Å². The van der Waals surface area contributed by atoms with E-state index in [1.54, 1.807) is 0 Å². The summed E-state index contributed by atoms with van der Waals surface area (Å²) in [6.07, 6.45) is 3.19. The lowest BCUT2D eigenvalue weighted by Gasteiger charge is -1.97. The van der Waals surface area contributed by atoms with Crippen LogP contribution in [0, 0.1) is 0 Å². The molecule has 3 nitrogen and oxygen atoms in total. The monoisotopic (exact) mass is 235 g/mol. The van der Waals surface area contributed by atoms with Crippen molar-refractivity contribution < 1.29 is 9.21 Å². The zero-order valence-corrected chi connectivity index (χ0v) is 9.28. The first-order chi connectivity index (χ1) is 7.78. The standard InChI is InChI=1S/C12H10ClNO2/c13-10-3-1-2-9(6-10)7-12-14-11(4-5-15)8-16-12/h1-3,5-6,8H,4,7H2. The Labute approximate surface area is 98.1 Å². The van der Waals surface area contributed by atoms with Gasteiger partial charge in [-0.1, -0.05) is 23.7 Å². The number of oxazole rings is 1. The van der Waals surface area contributed by atoms with Crippen molar-refractivity contribution in [1.29, 1.82) is 0 Å². The number of halogens is 1. The first kappa shape index (κ1) is 10.9. The van der Waals surface area contributed by atoms with Gasteiger partial charge in [0.15, 0.2) is 5.89 Å². The third-order valence-electron chi connectivity index (χ3n) is 2.14. The minimum Gasteiger partial charge on any atom is -0.448 e. The summed E-state index contributed by atoms with van der Waals surface area (Å²) in [5, 5.41) is 0.692. The molecule has 0 saturated carbocycles. The average molecular weight is 236 g/mol. The van der Waals surface area contributed by atoms with Crippen molar-refractivity contribution in [3.05, 3.63) is 52.7 Å². The molecule has 16 heavy (non-hydrogen) atoms. The molecule has 0 unspecified atom stereocenters. The number of aromatic nitrogens is 1. The fourth-order valence-electron chi connectivity index (χ4n) is 1.43. The fraction of sp³-hybridized carbons (Fsp3) is 0.167. The number of aldehydes is 1. The summed E-state index contributed by atoms with van der Waals surface area (Å²) in [5.74, 6) is 0.596. The second-order valence-corrected chi connectivity index (χ2v) is 3.85. The number of carbonyl (C=O) groups is 1. The van der Waals surface area contributed by atoms with E-state index in [1.807, 2.05) is 24.3 Å². The highest BCUT2D eigenvalue weighted by molar-refractivity contribution is 6.30. The van der Waals surface area contributed by atoms with Gasteiger partial charge in [-0.25, -0.2) is 4.98 Å². The summed E-state index contributed by atoms with van der Waals surface area (Å²) in [7, 11) is 0. The fourth-order valence-corrected chi connectivity index (χ4v) is 1.64. The van der Waals surface area contributed by atoms with Crippen LogP contribution in [0.1, 0.15) is 17.1 Å². The van der Waals surface area contributed by atoms with E-state index in [-0.39, 0.29) is 0 Å². The van der Waals surface area contributed by atoms with Crippen molar-refractivity contribution in [3.63, 3.8) is 0 Å². The van der Waals surface area contributed by atoms with Crippen LogP contribution in [-0.4, -0.2) is 11.3 Å². The van der Waals surface area contributed by atoms with Gasteiger partial charge in [0.05, 0.1) is 5.69 Å². The van der Waals surface area contributed by atoms with Gasteiger partial charge in [-0.2, -0.15) is 0 Å². The van der Waals surface area contributed by atoms with Crippen molar-refractivity contribution in [2.75, 3.05) is 0 Å². The number of rotatable bonds is 4. The summed E-state index contributed by atoms with van der Waals surface area (Å²) in [6.45, 7) is 0. The predicted molar refractivity (Wildman–Crippen MR) is 60.5 cm³/mol. The summed E-state index contributed by atoms with van der Waals surface area (Å²) in [4.78, 5) is 14.5. The Balaban J connectivity index is 2.11. The molecule has 0 fully saturated rings. The highest BCUT2D eigenvalue weighted by atomic mass is 35.5. The Morgan fingerprint density at radius 3 is 3.06 bits per heavy atom. The molecule has 0 N–H and O–H groups in total. The zero-order chi connectivity index (χ0) is 11.4. The highest BCUT2D eigenvalue weighted by Gasteiger charge is 2.04. The van der Waals surface area contributed by atoms with Crippen LogP contribution >= 0.6 is 11.6 Å². The van der Waals surface area contributed by atoms with Crippen molar-refractivity contribution >= 4 is 17.9 Å². The molecular formula is C12H10ClNO2. The Kier molecular flexibility index (Phi) is 3.37. The van der Waals surface area contributed by atoms with E-state index >= 15 is 0 Å². The largest absolute Gasteiger partial charge is 0.448 e. The first-order valence-corrected chi connectivity index (χ1v) is 5.27. The SMILES string of the molecule is O=CCc1coc(Cc2cccc(Cl)c2)n1. The molecule has 0 bridgehead atoms. The summed E-state index contributed by atoms with van der Waals surface area (Å²) in [6, 6.07) is 7.52. The Bertz CT molecular complexity index is 493. The van der Waals surface area contributed by atoms with Crippen molar-refractivity contribution in [2.24, 2.45) is 0 Å². The van der Waals surface area contributed by atoms with Crippen molar-refractivity contribution in [3.8, 4) is 0 Å². The molecule has 4 heteroatoms. The molecular weight excluding hydrogens is 226 g/mol. The van der Waals surface area contributed by atoms with Crippen LogP contribution in [-0.2, 0) is 17.6 Å². The molecule has 2 aromatic rings. The molecule has 0 aliphatic carbocycles. The third kappa shape index (κ3) is 2.70. The van der Waals surface area contributed by atoms with E-state index in [9.17, 15) is 4.79 Å². The second-order valence-electron chi connectivity index (χ2n) is 3.41. The number of hydrogen-bond acceptors (Lipinski definition) is 3. The van der Waals surface area contributed by atoms with Gasteiger partial charge in [-0.3, -0.25) is 0 Å². The summed E-state index contributed by atoms with van der Waals surface area (Å²) in [5.41, 5.74) is 1.69. The van der Waals surface area contributed by atoms with E-state index in [0.717, 1.165) is 11.8 Å². The van der Waals surface area contributed by atoms with Gasteiger partial charge in [0.2, 0.25) is 0 Å². The van der Waals surface area contributed by atoms with E-state index in [2.05, 4.69) is 4.98 Å². The van der Waals surface area contributed by atoms with Gasteiger partial charge >= 0.3 is 0 Å². The van der Waals surface area contributed by atoms with Gasteiger partial charge in [0, 0.05) is 17.9 Å². The van der Waals surface area contributed by atoms with Gasteiger partial charge in [0.25, 0.3) is 0 Å². The first-order valence-electron chi connectivity index (χ1n) is 4.89. The number of carbonyl (C=O) groups excluding carboxylic acids is 1. The smallest absolute Gasteiger partial charge is 0.198 e. The number of hydrogen-bond donors (Lipinski definition) is 0. The van der Waals surface area contributed by atoms with Crippen LogP contribution in [0.4, 0.5) is 0 Å².